The van der Waals surface area contributed by atoms with Gasteiger partial charge in [0.1, 0.15) is 0 Å². The average molecular weight is 239 g/mol. The Hall–Kier alpha value is -0.610. The molecule has 17 heavy (non-hydrogen) atoms. The second-order valence-electron chi connectivity index (χ2n) is 5.90. The fourth-order valence-corrected chi connectivity index (χ4v) is 3.13. The van der Waals surface area contributed by atoms with Crippen LogP contribution in [0.25, 0.3) is 0 Å². The van der Waals surface area contributed by atoms with E-state index in [-0.39, 0.29) is 11.5 Å². The topological polar surface area (TPSA) is 49.6 Å². The third-order valence-corrected chi connectivity index (χ3v) is 4.45. The predicted octanol–water partition coefficient (Wildman–Crippen LogP) is 0.668. The van der Waals surface area contributed by atoms with Crippen molar-refractivity contribution in [1.82, 2.24) is 9.80 Å². The van der Waals surface area contributed by atoms with E-state index in [1.54, 1.807) is 0 Å². The Morgan fingerprint density at radius 2 is 2.18 bits per heavy atom. The van der Waals surface area contributed by atoms with Gasteiger partial charge in [0.15, 0.2) is 0 Å². The summed E-state index contributed by atoms with van der Waals surface area (Å²) < 4.78 is 0. The van der Waals surface area contributed by atoms with Crippen LogP contribution in [0, 0.1) is 5.92 Å². The summed E-state index contributed by atoms with van der Waals surface area (Å²) in [5.41, 5.74) is 5.79. The van der Waals surface area contributed by atoms with E-state index < -0.39 is 0 Å². The van der Waals surface area contributed by atoms with E-state index >= 15 is 0 Å². The summed E-state index contributed by atoms with van der Waals surface area (Å²) in [7, 11) is 2.09. The standard InChI is InChI=1S/C13H25N3O/c1-13(10-14)6-3-4-7-16(13)12(17)11-5-8-15(2)9-11/h11H,3-10,14H2,1-2H3. The van der Waals surface area contributed by atoms with Crippen molar-refractivity contribution in [2.45, 2.75) is 38.1 Å². The summed E-state index contributed by atoms with van der Waals surface area (Å²) >= 11 is 0. The van der Waals surface area contributed by atoms with Gasteiger partial charge in [-0.1, -0.05) is 0 Å². The molecule has 2 heterocycles. The van der Waals surface area contributed by atoms with Gasteiger partial charge in [-0.2, -0.15) is 0 Å². The van der Waals surface area contributed by atoms with Crippen LogP contribution in [-0.4, -0.2) is 54.5 Å². The Bertz CT molecular complexity index is 294. The van der Waals surface area contributed by atoms with E-state index in [0.29, 0.717) is 12.5 Å². The van der Waals surface area contributed by atoms with Gasteiger partial charge < -0.3 is 15.5 Å². The highest BCUT2D eigenvalue weighted by Crippen LogP contribution is 2.30. The molecule has 0 aliphatic carbocycles. The molecule has 0 radical (unpaired) electrons. The summed E-state index contributed by atoms with van der Waals surface area (Å²) in [5.74, 6) is 0.533. The average Bonchev–Trinajstić information content (AvgIpc) is 2.76. The first-order chi connectivity index (χ1) is 8.07. The van der Waals surface area contributed by atoms with Crippen LogP contribution in [0.3, 0.4) is 0 Å². The quantitative estimate of drug-likeness (QED) is 0.770. The number of hydrogen-bond acceptors (Lipinski definition) is 3. The Kier molecular flexibility index (Phi) is 3.73. The number of nitrogens with two attached hydrogens (primary N) is 1. The molecule has 2 fully saturated rings. The number of carbonyl (C=O) groups excluding carboxylic acids is 1. The number of likely N-dealkylation sites (tertiary alicyclic amines) is 2. The first-order valence-electron chi connectivity index (χ1n) is 6.77. The molecule has 2 aliphatic rings. The van der Waals surface area contributed by atoms with E-state index in [1.165, 1.54) is 6.42 Å². The number of hydrogen-bond donors (Lipinski definition) is 1. The Morgan fingerprint density at radius 1 is 1.41 bits per heavy atom. The summed E-state index contributed by atoms with van der Waals surface area (Å²) in [4.78, 5) is 16.9. The van der Waals surface area contributed by atoms with Crippen LogP contribution in [0.1, 0.15) is 32.6 Å². The molecule has 0 spiro atoms. The molecule has 2 atom stereocenters. The molecule has 0 aromatic carbocycles. The zero-order chi connectivity index (χ0) is 12.5. The Balaban J connectivity index is 2.06. The molecule has 2 saturated heterocycles. The van der Waals surface area contributed by atoms with Gasteiger partial charge in [-0.05, 0) is 46.2 Å². The predicted molar refractivity (Wildman–Crippen MR) is 68.6 cm³/mol. The SMILES string of the molecule is CN1CCC(C(=O)N2CCCCC2(C)CN)C1. The lowest BCUT2D eigenvalue weighted by atomic mass is 9.87. The maximum Gasteiger partial charge on any atom is 0.227 e. The van der Waals surface area contributed by atoms with Crippen molar-refractivity contribution in [3.63, 3.8) is 0 Å². The van der Waals surface area contributed by atoms with Gasteiger partial charge in [-0.25, -0.2) is 0 Å². The molecule has 0 aromatic rings. The second kappa shape index (κ2) is 4.94. The van der Waals surface area contributed by atoms with Crippen LogP contribution in [0.15, 0.2) is 0 Å². The minimum Gasteiger partial charge on any atom is -0.336 e. The number of rotatable bonds is 2. The highest BCUT2D eigenvalue weighted by Gasteiger charge is 2.40. The Morgan fingerprint density at radius 3 is 2.76 bits per heavy atom. The zero-order valence-electron chi connectivity index (χ0n) is 11.1. The molecular weight excluding hydrogens is 214 g/mol. The third-order valence-electron chi connectivity index (χ3n) is 4.45. The fraction of sp³-hybridized carbons (Fsp3) is 0.923. The molecule has 0 bridgehead atoms. The van der Waals surface area contributed by atoms with Crippen LogP contribution in [-0.2, 0) is 4.79 Å². The monoisotopic (exact) mass is 239 g/mol. The smallest absolute Gasteiger partial charge is 0.227 e. The van der Waals surface area contributed by atoms with E-state index in [9.17, 15) is 4.79 Å². The lowest BCUT2D eigenvalue weighted by Gasteiger charge is -2.45. The minimum absolute atomic E-state index is 0.101. The summed E-state index contributed by atoms with van der Waals surface area (Å²) in [6.45, 7) is 5.58. The molecule has 0 saturated carbocycles. The van der Waals surface area contributed by atoms with Crippen molar-refractivity contribution in [2.24, 2.45) is 11.7 Å². The molecule has 2 N–H and O–H groups in total. The minimum atomic E-state index is -0.101. The van der Waals surface area contributed by atoms with Crippen molar-refractivity contribution in [1.29, 1.82) is 0 Å². The lowest BCUT2D eigenvalue weighted by Crippen LogP contribution is -2.58. The van der Waals surface area contributed by atoms with Crippen molar-refractivity contribution >= 4 is 5.91 Å². The number of nitrogens with zero attached hydrogens (tertiary/aromatic N) is 2. The summed E-state index contributed by atoms with van der Waals surface area (Å²) in [6.07, 6.45) is 4.39. The first kappa shape index (κ1) is 12.8. The molecule has 2 rings (SSSR count). The largest absolute Gasteiger partial charge is 0.336 e. The maximum atomic E-state index is 12.6. The summed E-state index contributed by atoms with van der Waals surface area (Å²) in [6, 6.07) is 0. The maximum absolute atomic E-state index is 12.6. The number of amides is 1. The molecule has 2 aliphatic heterocycles. The van der Waals surface area contributed by atoms with Gasteiger partial charge in [-0.3, -0.25) is 4.79 Å². The van der Waals surface area contributed by atoms with Gasteiger partial charge in [0, 0.05) is 19.6 Å². The molecule has 4 nitrogen and oxygen atoms in total. The normalized spacial score (nSPS) is 35.2. The highest BCUT2D eigenvalue weighted by atomic mass is 16.2. The van der Waals surface area contributed by atoms with E-state index in [2.05, 4.69) is 23.8 Å². The molecule has 2 unspecified atom stereocenters. The van der Waals surface area contributed by atoms with Gasteiger partial charge >= 0.3 is 0 Å². The van der Waals surface area contributed by atoms with Gasteiger partial charge in [0.05, 0.1) is 11.5 Å². The molecule has 0 aromatic heterocycles. The third kappa shape index (κ3) is 2.47. The van der Waals surface area contributed by atoms with E-state index in [4.69, 9.17) is 5.73 Å². The van der Waals surface area contributed by atoms with Crippen LogP contribution in [0.4, 0.5) is 0 Å². The van der Waals surface area contributed by atoms with Crippen molar-refractivity contribution in [2.75, 3.05) is 33.2 Å². The number of piperidine rings is 1. The van der Waals surface area contributed by atoms with Crippen molar-refractivity contribution < 1.29 is 4.79 Å². The van der Waals surface area contributed by atoms with Crippen LogP contribution in [0.5, 0.6) is 0 Å². The van der Waals surface area contributed by atoms with Crippen LogP contribution >= 0.6 is 0 Å². The molecular formula is C13H25N3O. The second-order valence-corrected chi connectivity index (χ2v) is 5.90. The van der Waals surface area contributed by atoms with Gasteiger partial charge in [0.25, 0.3) is 0 Å². The van der Waals surface area contributed by atoms with Crippen molar-refractivity contribution in [3.8, 4) is 0 Å². The highest BCUT2D eigenvalue weighted by molar-refractivity contribution is 5.80. The summed E-state index contributed by atoms with van der Waals surface area (Å²) in [5, 5.41) is 0. The van der Waals surface area contributed by atoms with E-state index in [0.717, 1.165) is 38.9 Å². The number of carbonyl (C=O) groups is 1. The first-order valence-corrected chi connectivity index (χ1v) is 6.77. The van der Waals surface area contributed by atoms with Crippen LogP contribution < -0.4 is 5.73 Å². The molecule has 1 amide bonds. The zero-order valence-corrected chi connectivity index (χ0v) is 11.1. The fourth-order valence-electron chi connectivity index (χ4n) is 3.13. The van der Waals surface area contributed by atoms with Crippen molar-refractivity contribution in [3.05, 3.63) is 0 Å². The molecule has 4 heteroatoms. The lowest BCUT2D eigenvalue weighted by molar-refractivity contribution is -0.143. The van der Waals surface area contributed by atoms with E-state index in [1.807, 2.05) is 0 Å². The Labute approximate surface area is 104 Å². The van der Waals surface area contributed by atoms with Crippen LogP contribution in [0.2, 0.25) is 0 Å². The molecule has 98 valence electrons. The van der Waals surface area contributed by atoms with Gasteiger partial charge in [0.2, 0.25) is 5.91 Å². The van der Waals surface area contributed by atoms with Gasteiger partial charge in [-0.15, -0.1) is 0 Å².